The fourth-order valence-electron chi connectivity index (χ4n) is 3.74. The average Bonchev–Trinajstić information content (AvgIpc) is 3.20. The third kappa shape index (κ3) is 3.46. The number of carbonyl (C=O) groups excluding carboxylic acids is 1. The third-order valence-corrected chi connectivity index (χ3v) is 5.25. The van der Waals surface area contributed by atoms with Crippen molar-refractivity contribution < 1.29 is 9.53 Å². The molecule has 0 aromatic heterocycles. The molecule has 116 valence electrons. The normalized spacial score (nSPS) is 33.0. The van der Waals surface area contributed by atoms with Crippen LogP contribution >= 0.6 is 12.4 Å². The van der Waals surface area contributed by atoms with Crippen LogP contribution in [0.4, 0.5) is 0 Å². The number of halogens is 1. The van der Waals surface area contributed by atoms with Crippen LogP contribution in [0.25, 0.3) is 0 Å². The molecule has 0 spiro atoms. The molecule has 1 aliphatic heterocycles. The third-order valence-electron chi connectivity index (χ3n) is 5.25. The van der Waals surface area contributed by atoms with Crippen LogP contribution < -0.4 is 11.1 Å². The second-order valence-electron chi connectivity index (χ2n) is 6.65. The first-order chi connectivity index (χ1) is 9.19. The molecule has 1 heterocycles. The Hall–Kier alpha value is -0.320. The monoisotopic (exact) mass is 302 g/mol. The molecule has 1 saturated heterocycles. The van der Waals surface area contributed by atoms with Crippen molar-refractivity contribution in [2.24, 2.45) is 17.6 Å². The molecule has 3 fully saturated rings. The summed E-state index contributed by atoms with van der Waals surface area (Å²) in [6.07, 6.45) is 9.34. The summed E-state index contributed by atoms with van der Waals surface area (Å²) in [6.45, 7) is 1.22. The van der Waals surface area contributed by atoms with Crippen LogP contribution in [-0.2, 0) is 9.53 Å². The van der Waals surface area contributed by atoms with Gasteiger partial charge in [0.05, 0.1) is 5.54 Å². The number of amides is 1. The van der Waals surface area contributed by atoms with E-state index in [4.69, 9.17) is 10.5 Å². The largest absolute Gasteiger partial charge is 0.381 e. The minimum atomic E-state index is -0.683. The molecule has 3 N–H and O–H groups in total. The molecule has 2 unspecified atom stereocenters. The topological polar surface area (TPSA) is 64.4 Å². The summed E-state index contributed by atoms with van der Waals surface area (Å²) < 4.78 is 5.29. The Morgan fingerprint density at radius 2 is 1.80 bits per heavy atom. The summed E-state index contributed by atoms with van der Waals surface area (Å²) in [7, 11) is 0. The SMILES string of the molecule is Cl.NC1(C(=O)NC2CC2C2CCCCC2)CCOCC1. The summed E-state index contributed by atoms with van der Waals surface area (Å²) in [4.78, 5) is 12.3. The number of hydrogen-bond acceptors (Lipinski definition) is 3. The molecule has 3 aliphatic rings. The molecule has 0 aromatic carbocycles. The summed E-state index contributed by atoms with van der Waals surface area (Å²) in [5.74, 6) is 1.63. The zero-order valence-corrected chi connectivity index (χ0v) is 12.9. The molecular weight excluding hydrogens is 276 g/mol. The van der Waals surface area contributed by atoms with Gasteiger partial charge in [-0.3, -0.25) is 4.79 Å². The number of nitrogens with one attached hydrogen (secondary N) is 1. The minimum Gasteiger partial charge on any atom is -0.381 e. The standard InChI is InChI=1S/C15H26N2O2.ClH/c16-15(6-8-19-9-7-15)14(18)17-13-10-12(13)11-4-2-1-3-5-11;/h11-13H,1-10,16H2,(H,17,18);1H. The van der Waals surface area contributed by atoms with Crippen molar-refractivity contribution in [2.45, 2.75) is 62.9 Å². The number of carbonyl (C=O) groups is 1. The van der Waals surface area contributed by atoms with Crippen molar-refractivity contribution in [3.63, 3.8) is 0 Å². The van der Waals surface area contributed by atoms with Gasteiger partial charge < -0.3 is 15.8 Å². The van der Waals surface area contributed by atoms with Gasteiger partial charge in [-0.15, -0.1) is 12.4 Å². The molecule has 0 bridgehead atoms. The van der Waals surface area contributed by atoms with Crippen LogP contribution in [0.1, 0.15) is 51.4 Å². The van der Waals surface area contributed by atoms with Crippen LogP contribution in [0.15, 0.2) is 0 Å². The van der Waals surface area contributed by atoms with Gasteiger partial charge in [0.25, 0.3) is 0 Å². The number of rotatable bonds is 3. The van der Waals surface area contributed by atoms with Gasteiger partial charge in [-0.1, -0.05) is 32.1 Å². The van der Waals surface area contributed by atoms with Gasteiger partial charge >= 0.3 is 0 Å². The molecule has 2 saturated carbocycles. The molecule has 20 heavy (non-hydrogen) atoms. The highest BCUT2D eigenvalue weighted by molar-refractivity contribution is 5.86. The van der Waals surface area contributed by atoms with Gasteiger partial charge in [-0.2, -0.15) is 0 Å². The smallest absolute Gasteiger partial charge is 0.240 e. The van der Waals surface area contributed by atoms with Crippen LogP contribution in [-0.4, -0.2) is 30.7 Å². The highest BCUT2D eigenvalue weighted by atomic mass is 35.5. The number of ether oxygens (including phenoxy) is 1. The first-order valence-corrected chi connectivity index (χ1v) is 7.87. The highest BCUT2D eigenvalue weighted by Gasteiger charge is 2.46. The van der Waals surface area contributed by atoms with Crippen LogP contribution in [0.2, 0.25) is 0 Å². The van der Waals surface area contributed by atoms with Crippen molar-refractivity contribution in [1.29, 1.82) is 0 Å². The van der Waals surface area contributed by atoms with E-state index in [0.717, 1.165) is 11.8 Å². The van der Waals surface area contributed by atoms with Crippen LogP contribution in [0, 0.1) is 11.8 Å². The van der Waals surface area contributed by atoms with Crippen molar-refractivity contribution in [3.8, 4) is 0 Å². The Balaban J connectivity index is 0.00000147. The first kappa shape index (κ1) is 16.1. The quantitative estimate of drug-likeness (QED) is 0.838. The summed E-state index contributed by atoms with van der Waals surface area (Å²) in [5, 5.41) is 3.19. The van der Waals surface area contributed by atoms with Crippen molar-refractivity contribution in [3.05, 3.63) is 0 Å². The average molecular weight is 303 g/mol. The Morgan fingerprint density at radius 1 is 1.15 bits per heavy atom. The Bertz CT molecular complexity index is 339. The Morgan fingerprint density at radius 3 is 2.45 bits per heavy atom. The molecule has 0 aromatic rings. The van der Waals surface area contributed by atoms with E-state index in [0.29, 0.717) is 32.1 Å². The van der Waals surface area contributed by atoms with Gasteiger partial charge in [0.1, 0.15) is 0 Å². The summed E-state index contributed by atoms with van der Waals surface area (Å²) >= 11 is 0. The molecular formula is C15H27ClN2O2. The van der Waals surface area contributed by atoms with Crippen LogP contribution in [0.3, 0.4) is 0 Å². The number of hydrogen-bond donors (Lipinski definition) is 2. The van der Waals surface area contributed by atoms with Gasteiger partial charge in [0.15, 0.2) is 0 Å². The van der Waals surface area contributed by atoms with E-state index >= 15 is 0 Å². The molecule has 2 aliphatic carbocycles. The Labute approximate surface area is 127 Å². The maximum absolute atomic E-state index is 12.3. The lowest BCUT2D eigenvalue weighted by atomic mass is 9.85. The zero-order chi connectivity index (χ0) is 13.3. The lowest BCUT2D eigenvalue weighted by molar-refractivity contribution is -0.130. The van der Waals surface area contributed by atoms with Gasteiger partial charge in [0, 0.05) is 19.3 Å². The van der Waals surface area contributed by atoms with E-state index in [1.807, 2.05) is 0 Å². The van der Waals surface area contributed by atoms with Gasteiger partial charge in [0.2, 0.25) is 5.91 Å². The second kappa shape index (κ2) is 6.63. The molecule has 4 nitrogen and oxygen atoms in total. The zero-order valence-electron chi connectivity index (χ0n) is 12.1. The molecule has 3 rings (SSSR count). The second-order valence-corrected chi connectivity index (χ2v) is 6.65. The predicted molar refractivity (Wildman–Crippen MR) is 80.8 cm³/mol. The van der Waals surface area contributed by atoms with E-state index in [-0.39, 0.29) is 18.3 Å². The molecule has 2 atom stereocenters. The maximum atomic E-state index is 12.3. The minimum absolute atomic E-state index is 0. The van der Waals surface area contributed by atoms with Crippen molar-refractivity contribution >= 4 is 18.3 Å². The van der Waals surface area contributed by atoms with E-state index in [2.05, 4.69) is 5.32 Å². The summed E-state index contributed by atoms with van der Waals surface area (Å²) in [5.41, 5.74) is 5.53. The van der Waals surface area contributed by atoms with E-state index in [1.165, 1.54) is 38.5 Å². The van der Waals surface area contributed by atoms with Crippen molar-refractivity contribution in [1.82, 2.24) is 5.32 Å². The Kier molecular flexibility index (Phi) is 5.32. The van der Waals surface area contributed by atoms with Crippen LogP contribution in [0.5, 0.6) is 0 Å². The first-order valence-electron chi connectivity index (χ1n) is 7.87. The summed E-state index contributed by atoms with van der Waals surface area (Å²) in [6, 6.07) is 0.402. The highest BCUT2D eigenvalue weighted by Crippen LogP contribution is 2.44. The van der Waals surface area contributed by atoms with Crippen molar-refractivity contribution in [2.75, 3.05) is 13.2 Å². The van der Waals surface area contributed by atoms with Gasteiger partial charge in [-0.05, 0) is 31.1 Å². The van der Waals surface area contributed by atoms with Gasteiger partial charge in [-0.25, -0.2) is 0 Å². The van der Waals surface area contributed by atoms with E-state index in [9.17, 15) is 4.79 Å². The van der Waals surface area contributed by atoms with E-state index < -0.39 is 5.54 Å². The number of nitrogens with two attached hydrogens (primary N) is 1. The lowest BCUT2D eigenvalue weighted by Gasteiger charge is -2.32. The fraction of sp³-hybridized carbons (Fsp3) is 0.933. The predicted octanol–water partition coefficient (Wildman–Crippen LogP) is 2.00. The maximum Gasteiger partial charge on any atom is 0.240 e. The van der Waals surface area contributed by atoms with E-state index in [1.54, 1.807) is 0 Å². The molecule has 1 amide bonds. The lowest BCUT2D eigenvalue weighted by Crippen LogP contribution is -2.57. The molecule has 0 radical (unpaired) electrons. The molecule has 5 heteroatoms. The fourth-order valence-corrected chi connectivity index (χ4v) is 3.74.